The van der Waals surface area contributed by atoms with Crippen LogP contribution < -0.4 is 5.69 Å². The number of aryl methyl sites for hydroxylation is 1. The van der Waals surface area contributed by atoms with Crippen molar-refractivity contribution in [3.8, 4) is 0 Å². The van der Waals surface area contributed by atoms with Crippen LogP contribution in [0.2, 0.25) is 5.02 Å². The quantitative estimate of drug-likeness (QED) is 0.790. The third-order valence-corrected chi connectivity index (χ3v) is 4.61. The summed E-state index contributed by atoms with van der Waals surface area (Å²) in [6, 6.07) is 11.4. The van der Waals surface area contributed by atoms with Crippen molar-refractivity contribution < 1.29 is 5.11 Å². The van der Waals surface area contributed by atoms with Crippen molar-refractivity contribution in [2.45, 2.75) is 33.4 Å². The first-order chi connectivity index (χ1) is 11.4. The maximum Gasteiger partial charge on any atom is 0.349 e. The summed E-state index contributed by atoms with van der Waals surface area (Å²) in [5.41, 5.74) is 2.34. The lowest BCUT2D eigenvalue weighted by Crippen LogP contribution is -2.32. The molecule has 5 nitrogen and oxygen atoms in total. The predicted molar refractivity (Wildman–Crippen MR) is 94.5 cm³/mol. The lowest BCUT2D eigenvalue weighted by Gasteiger charge is -2.20. The molecule has 1 aromatic carbocycles. The van der Waals surface area contributed by atoms with Gasteiger partial charge in [0.2, 0.25) is 0 Å². The van der Waals surface area contributed by atoms with Gasteiger partial charge in [0.1, 0.15) is 0 Å². The molecular formula is C18H20ClN3O2. The van der Waals surface area contributed by atoms with E-state index in [2.05, 4.69) is 5.10 Å². The van der Waals surface area contributed by atoms with E-state index in [0.717, 1.165) is 5.56 Å². The molecule has 24 heavy (non-hydrogen) atoms. The first-order valence-corrected chi connectivity index (χ1v) is 8.28. The number of halogens is 1. The summed E-state index contributed by atoms with van der Waals surface area (Å²) >= 11 is 6.27. The van der Waals surface area contributed by atoms with E-state index in [0.29, 0.717) is 28.5 Å². The lowest BCUT2D eigenvalue weighted by atomic mass is 10.0. The molecule has 0 aliphatic carbocycles. The zero-order chi connectivity index (χ0) is 17.4. The number of aromatic nitrogens is 3. The normalized spacial score (nSPS) is 12.9. The van der Waals surface area contributed by atoms with E-state index >= 15 is 0 Å². The third kappa shape index (κ3) is 2.85. The zero-order valence-corrected chi connectivity index (χ0v) is 14.7. The SMILES string of the molecule is Cc1nn2c(=O)n(Cc3ccccc3)c(C(O)C(C)C)cc2c1Cl. The minimum atomic E-state index is -0.766. The van der Waals surface area contributed by atoms with Crippen molar-refractivity contribution in [1.29, 1.82) is 0 Å². The molecule has 0 aliphatic heterocycles. The van der Waals surface area contributed by atoms with Crippen molar-refractivity contribution in [3.63, 3.8) is 0 Å². The van der Waals surface area contributed by atoms with Gasteiger partial charge in [0, 0.05) is 0 Å². The van der Waals surface area contributed by atoms with Crippen LogP contribution in [0.1, 0.15) is 36.9 Å². The van der Waals surface area contributed by atoms with Crippen molar-refractivity contribution in [1.82, 2.24) is 14.2 Å². The number of aliphatic hydroxyl groups is 1. The van der Waals surface area contributed by atoms with Crippen LogP contribution in [-0.2, 0) is 6.54 Å². The maximum absolute atomic E-state index is 12.9. The molecule has 1 atom stereocenters. The molecule has 3 rings (SSSR count). The summed E-state index contributed by atoms with van der Waals surface area (Å²) in [4.78, 5) is 12.9. The minimum Gasteiger partial charge on any atom is -0.387 e. The van der Waals surface area contributed by atoms with Crippen LogP contribution in [0.3, 0.4) is 0 Å². The van der Waals surface area contributed by atoms with Gasteiger partial charge in [-0.05, 0) is 24.5 Å². The average molecular weight is 346 g/mol. The molecule has 0 saturated carbocycles. The smallest absolute Gasteiger partial charge is 0.349 e. The van der Waals surface area contributed by atoms with E-state index in [1.807, 2.05) is 44.2 Å². The van der Waals surface area contributed by atoms with Gasteiger partial charge in [-0.2, -0.15) is 9.61 Å². The molecule has 0 aliphatic rings. The Morgan fingerprint density at radius 3 is 2.54 bits per heavy atom. The highest BCUT2D eigenvalue weighted by Gasteiger charge is 2.21. The standard InChI is InChI=1S/C18H20ClN3O2/c1-11(2)17(23)15-9-14-16(19)12(3)20-22(14)18(24)21(15)10-13-7-5-4-6-8-13/h4-9,11,17,23H,10H2,1-3H3. The van der Waals surface area contributed by atoms with Crippen molar-refractivity contribution in [2.24, 2.45) is 5.92 Å². The van der Waals surface area contributed by atoms with E-state index in [4.69, 9.17) is 11.6 Å². The van der Waals surface area contributed by atoms with Crippen LogP contribution in [-0.4, -0.2) is 19.3 Å². The molecule has 126 valence electrons. The Balaban J connectivity index is 2.26. The van der Waals surface area contributed by atoms with Gasteiger partial charge < -0.3 is 5.11 Å². The number of nitrogens with zero attached hydrogens (tertiary/aromatic N) is 3. The fraction of sp³-hybridized carbons (Fsp3) is 0.333. The van der Waals surface area contributed by atoms with Crippen LogP contribution in [0.5, 0.6) is 0 Å². The van der Waals surface area contributed by atoms with E-state index in [1.165, 1.54) is 4.52 Å². The molecule has 0 amide bonds. The Morgan fingerprint density at radius 1 is 1.25 bits per heavy atom. The molecule has 0 radical (unpaired) electrons. The Labute approximate surface area is 145 Å². The summed E-state index contributed by atoms with van der Waals surface area (Å²) in [5, 5.41) is 15.3. The lowest BCUT2D eigenvalue weighted by molar-refractivity contribution is 0.117. The number of benzene rings is 1. The number of hydrogen-bond donors (Lipinski definition) is 1. The van der Waals surface area contributed by atoms with Gasteiger partial charge in [0.25, 0.3) is 0 Å². The second-order valence-electron chi connectivity index (χ2n) is 6.31. The number of aliphatic hydroxyl groups excluding tert-OH is 1. The zero-order valence-electron chi connectivity index (χ0n) is 13.9. The Morgan fingerprint density at radius 2 is 1.92 bits per heavy atom. The second kappa shape index (κ2) is 6.42. The highest BCUT2D eigenvalue weighted by molar-refractivity contribution is 6.34. The van der Waals surface area contributed by atoms with Crippen molar-refractivity contribution in [2.75, 3.05) is 0 Å². The van der Waals surface area contributed by atoms with E-state index in [1.54, 1.807) is 17.6 Å². The monoisotopic (exact) mass is 345 g/mol. The van der Waals surface area contributed by atoms with E-state index in [9.17, 15) is 9.90 Å². The number of fused-ring (bicyclic) bond motifs is 1. The molecule has 0 bridgehead atoms. The van der Waals surface area contributed by atoms with Crippen molar-refractivity contribution >= 4 is 17.1 Å². The molecule has 6 heteroatoms. The first-order valence-electron chi connectivity index (χ1n) is 7.90. The summed E-state index contributed by atoms with van der Waals surface area (Å²) < 4.78 is 2.87. The van der Waals surface area contributed by atoms with E-state index in [-0.39, 0.29) is 11.6 Å². The topological polar surface area (TPSA) is 59.5 Å². The summed E-state index contributed by atoms with van der Waals surface area (Å²) in [6.07, 6.45) is -0.766. The highest BCUT2D eigenvalue weighted by Crippen LogP contribution is 2.26. The molecule has 0 spiro atoms. The Hall–Kier alpha value is -2.11. The van der Waals surface area contributed by atoms with Gasteiger partial charge in [-0.15, -0.1) is 0 Å². The van der Waals surface area contributed by atoms with Crippen LogP contribution in [0.4, 0.5) is 0 Å². The average Bonchev–Trinajstić information content (AvgIpc) is 2.85. The molecule has 1 N–H and O–H groups in total. The molecule has 0 fully saturated rings. The maximum atomic E-state index is 12.9. The summed E-state index contributed by atoms with van der Waals surface area (Å²) in [6.45, 7) is 5.95. The fourth-order valence-electron chi connectivity index (χ4n) is 2.75. The number of hydrogen-bond acceptors (Lipinski definition) is 3. The first kappa shape index (κ1) is 16.7. The fourth-order valence-corrected chi connectivity index (χ4v) is 2.92. The van der Waals surface area contributed by atoms with Gasteiger partial charge in [-0.25, -0.2) is 4.79 Å². The highest BCUT2D eigenvalue weighted by atomic mass is 35.5. The predicted octanol–water partition coefficient (Wildman–Crippen LogP) is 3.20. The largest absolute Gasteiger partial charge is 0.387 e. The van der Waals surface area contributed by atoms with Gasteiger partial charge in [-0.3, -0.25) is 4.57 Å². The van der Waals surface area contributed by atoms with Crippen LogP contribution in [0, 0.1) is 12.8 Å². The molecule has 0 saturated heterocycles. The summed E-state index contributed by atoms with van der Waals surface area (Å²) in [5.74, 6) is -0.0309. The van der Waals surface area contributed by atoms with Gasteiger partial charge in [0.05, 0.1) is 34.6 Å². The molecule has 1 unspecified atom stereocenters. The molecule has 3 aromatic rings. The number of rotatable bonds is 4. The van der Waals surface area contributed by atoms with E-state index < -0.39 is 6.10 Å². The van der Waals surface area contributed by atoms with Gasteiger partial charge in [0.15, 0.2) is 0 Å². The third-order valence-electron chi connectivity index (χ3n) is 4.15. The van der Waals surface area contributed by atoms with Gasteiger partial charge in [-0.1, -0.05) is 55.8 Å². The summed E-state index contributed by atoms with van der Waals surface area (Å²) in [7, 11) is 0. The molecule has 2 aromatic heterocycles. The second-order valence-corrected chi connectivity index (χ2v) is 6.69. The Bertz CT molecular complexity index is 929. The Kier molecular flexibility index (Phi) is 4.47. The van der Waals surface area contributed by atoms with Gasteiger partial charge >= 0.3 is 5.69 Å². The van der Waals surface area contributed by atoms with Crippen LogP contribution in [0.25, 0.3) is 5.52 Å². The molecule has 2 heterocycles. The van der Waals surface area contributed by atoms with Crippen LogP contribution >= 0.6 is 11.6 Å². The molecular weight excluding hydrogens is 326 g/mol. The minimum absolute atomic E-state index is 0.0309. The van der Waals surface area contributed by atoms with Crippen molar-refractivity contribution in [3.05, 3.63) is 68.9 Å². The van der Waals surface area contributed by atoms with Crippen LogP contribution in [0.15, 0.2) is 41.2 Å².